The number of carbonyl (C=O) groups excluding carboxylic acids is 3. The minimum atomic E-state index is -0.783. The molecule has 0 N–H and O–H groups in total. The molecular formula is C77H142O6. The Morgan fingerprint density at radius 3 is 0.711 bits per heavy atom. The van der Waals surface area contributed by atoms with Crippen molar-refractivity contribution in [1.82, 2.24) is 0 Å². The van der Waals surface area contributed by atoms with E-state index in [2.05, 4.69) is 69.4 Å². The van der Waals surface area contributed by atoms with Gasteiger partial charge >= 0.3 is 17.9 Å². The Balaban J connectivity index is 4.14. The predicted octanol–water partition coefficient (Wildman–Crippen LogP) is 25.7. The van der Waals surface area contributed by atoms with E-state index in [4.69, 9.17) is 14.2 Å². The van der Waals surface area contributed by atoms with Gasteiger partial charge in [0.05, 0.1) is 0 Å². The van der Waals surface area contributed by atoms with Crippen molar-refractivity contribution in [2.45, 2.75) is 412 Å². The molecule has 6 heteroatoms. The van der Waals surface area contributed by atoms with Crippen LogP contribution >= 0.6 is 0 Å². The molecule has 0 aliphatic rings. The van der Waals surface area contributed by atoms with Crippen molar-refractivity contribution >= 4 is 17.9 Å². The van der Waals surface area contributed by atoms with Crippen molar-refractivity contribution in [3.8, 4) is 0 Å². The van der Waals surface area contributed by atoms with Gasteiger partial charge in [-0.2, -0.15) is 0 Å². The average molecular weight is 1160 g/mol. The number of carbonyl (C=O) groups is 3. The second-order valence-electron chi connectivity index (χ2n) is 25.2. The molecule has 0 amide bonds. The van der Waals surface area contributed by atoms with Crippen molar-refractivity contribution in [1.29, 1.82) is 0 Å². The molecule has 486 valence electrons. The molecular weight excluding hydrogens is 1020 g/mol. The summed E-state index contributed by atoms with van der Waals surface area (Å²) in [6.07, 6.45) is 91.7. The zero-order chi connectivity index (χ0) is 59.9. The molecule has 0 aliphatic heterocycles. The molecule has 0 rings (SSSR count). The fourth-order valence-corrected chi connectivity index (χ4v) is 11.2. The molecule has 6 nitrogen and oxygen atoms in total. The van der Waals surface area contributed by atoms with E-state index in [1.807, 2.05) is 0 Å². The fourth-order valence-electron chi connectivity index (χ4n) is 11.2. The highest BCUT2D eigenvalue weighted by atomic mass is 16.6. The number of esters is 3. The van der Waals surface area contributed by atoms with Crippen molar-refractivity contribution in [2.75, 3.05) is 13.2 Å². The van der Waals surface area contributed by atoms with Crippen LogP contribution in [-0.4, -0.2) is 37.2 Å². The van der Waals surface area contributed by atoms with E-state index in [9.17, 15) is 14.4 Å². The van der Waals surface area contributed by atoms with Gasteiger partial charge in [-0.05, 0) is 83.5 Å². The van der Waals surface area contributed by atoms with Crippen LogP contribution in [0.2, 0.25) is 0 Å². The van der Waals surface area contributed by atoms with Crippen molar-refractivity contribution in [3.63, 3.8) is 0 Å². The van der Waals surface area contributed by atoms with Crippen LogP contribution in [-0.2, 0) is 28.6 Å². The van der Waals surface area contributed by atoms with Gasteiger partial charge in [0.25, 0.3) is 0 Å². The van der Waals surface area contributed by atoms with Crippen LogP contribution in [0, 0.1) is 0 Å². The summed E-state index contributed by atoms with van der Waals surface area (Å²) in [5.74, 6) is -0.875. The van der Waals surface area contributed by atoms with E-state index in [-0.39, 0.29) is 31.1 Å². The van der Waals surface area contributed by atoms with Crippen LogP contribution in [0.1, 0.15) is 406 Å². The summed E-state index contributed by atoms with van der Waals surface area (Å²) in [6.45, 7) is 6.65. The first kappa shape index (κ1) is 80.4. The molecule has 0 saturated heterocycles. The lowest BCUT2D eigenvalue weighted by molar-refractivity contribution is -0.167. The standard InChI is InChI=1S/C77H142O6/c1-4-7-10-13-16-19-22-25-27-29-31-33-34-35-36-37-38-39-40-41-42-43-45-46-48-50-52-55-58-61-64-67-70-76(79)82-73-74(72-81-75(78)69-66-63-60-57-54-24-21-18-15-12-9-6-3)83-77(80)71-68-65-62-59-56-53-51-49-47-44-32-30-28-26-23-20-17-14-11-8-5-2/h18,21,23,26,30,32,47,49,74H,4-17,19-20,22,24-25,27-29,31,33-46,48,50-73H2,1-3H3/b21-18-,26-23-,32-30-,49-47-. The zero-order valence-corrected chi connectivity index (χ0v) is 56.0. The third-order valence-corrected chi connectivity index (χ3v) is 16.8. The monoisotopic (exact) mass is 1160 g/mol. The van der Waals surface area contributed by atoms with Gasteiger partial charge in [0.15, 0.2) is 6.10 Å². The summed E-state index contributed by atoms with van der Waals surface area (Å²) in [7, 11) is 0. The lowest BCUT2D eigenvalue weighted by Gasteiger charge is -2.18. The molecule has 0 aliphatic carbocycles. The van der Waals surface area contributed by atoms with Gasteiger partial charge in [-0.1, -0.05) is 352 Å². The Hall–Kier alpha value is -2.63. The molecule has 0 aromatic carbocycles. The second kappa shape index (κ2) is 71.8. The van der Waals surface area contributed by atoms with E-state index in [0.29, 0.717) is 19.3 Å². The molecule has 0 radical (unpaired) electrons. The van der Waals surface area contributed by atoms with Gasteiger partial charge < -0.3 is 14.2 Å². The predicted molar refractivity (Wildman–Crippen MR) is 362 cm³/mol. The number of hydrogen-bond acceptors (Lipinski definition) is 6. The van der Waals surface area contributed by atoms with E-state index in [1.165, 1.54) is 283 Å². The van der Waals surface area contributed by atoms with Gasteiger partial charge in [-0.3, -0.25) is 14.4 Å². The first-order chi connectivity index (χ1) is 41.0. The molecule has 0 heterocycles. The van der Waals surface area contributed by atoms with E-state index >= 15 is 0 Å². The normalized spacial score (nSPS) is 12.3. The molecule has 0 aromatic heterocycles. The molecule has 0 bridgehead atoms. The fraction of sp³-hybridized carbons (Fsp3) is 0.857. The Bertz CT molecular complexity index is 1430. The van der Waals surface area contributed by atoms with Crippen LogP contribution in [0.5, 0.6) is 0 Å². The molecule has 0 saturated carbocycles. The van der Waals surface area contributed by atoms with Crippen LogP contribution in [0.3, 0.4) is 0 Å². The third-order valence-electron chi connectivity index (χ3n) is 16.8. The van der Waals surface area contributed by atoms with Gasteiger partial charge in [0, 0.05) is 19.3 Å². The minimum Gasteiger partial charge on any atom is -0.462 e. The molecule has 0 aromatic rings. The summed E-state index contributed by atoms with van der Waals surface area (Å²) in [5, 5.41) is 0. The Morgan fingerprint density at radius 1 is 0.241 bits per heavy atom. The van der Waals surface area contributed by atoms with Crippen molar-refractivity contribution < 1.29 is 28.6 Å². The Morgan fingerprint density at radius 2 is 0.434 bits per heavy atom. The molecule has 1 unspecified atom stereocenters. The maximum absolute atomic E-state index is 12.9. The highest BCUT2D eigenvalue weighted by Crippen LogP contribution is 2.19. The number of unbranched alkanes of at least 4 members (excludes halogenated alkanes) is 50. The number of hydrogen-bond donors (Lipinski definition) is 0. The smallest absolute Gasteiger partial charge is 0.306 e. The Labute approximate surface area is 518 Å². The number of rotatable bonds is 69. The molecule has 0 fully saturated rings. The second-order valence-corrected chi connectivity index (χ2v) is 25.2. The SMILES string of the molecule is CCCCC/C=C\CCCCCCCC(=O)OCC(COC(=O)CCCCCCCCCCCCCCCCCCCCCCCCCCCCCCCCCC)OC(=O)CCCCCCCC/C=C\C/C=C\C/C=C\CCCCCCC. The summed E-state index contributed by atoms with van der Waals surface area (Å²) >= 11 is 0. The van der Waals surface area contributed by atoms with E-state index in [0.717, 1.165) is 83.5 Å². The summed E-state index contributed by atoms with van der Waals surface area (Å²) in [4.78, 5) is 38.4. The quantitative estimate of drug-likeness (QED) is 0.0261. The van der Waals surface area contributed by atoms with Crippen LogP contribution < -0.4 is 0 Å². The summed E-state index contributed by atoms with van der Waals surface area (Å²) in [5.41, 5.74) is 0. The maximum atomic E-state index is 12.9. The van der Waals surface area contributed by atoms with Gasteiger partial charge in [0.2, 0.25) is 0 Å². The van der Waals surface area contributed by atoms with Gasteiger partial charge in [-0.15, -0.1) is 0 Å². The first-order valence-electron chi connectivity index (χ1n) is 37.1. The summed E-state index contributed by atoms with van der Waals surface area (Å²) in [6, 6.07) is 0. The summed E-state index contributed by atoms with van der Waals surface area (Å²) < 4.78 is 17.0. The Kier molecular flexibility index (Phi) is 69.6. The largest absolute Gasteiger partial charge is 0.462 e. The third kappa shape index (κ3) is 70.0. The highest BCUT2D eigenvalue weighted by molar-refractivity contribution is 5.71. The lowest BCUT2D eigenvalue weighted by Crippen LogP contribution is -2.30. The zero-order valence-electron chi connectivity index (χ0n) is 56.0. The molecule has 0 spiro atoms. The highest BCUT2D eigenvalue weighted by Gasteiger charge is 2.19. The van der Waals surface area contributed by atoms with Crippen LogP contribution in [0.15, 0.2) is 48.6 Å². The van der Waals surface area contributed by atoms with Gasteiger partial charge in [0.1, 0.15) is 13.2 Å². The average Bonchev–Trinajstić information content (AvgIpc) is 3.49. The van der Waals surface area contributed by atoms with Crippen molar-refractivity contribution in [2.24, 2.45) is 0 Å². The van der Waals surface area contributed by atoms with E-state index in [1.54, 1.807) is 0 Å². The number of ether oxygens (including phenoxy) is 3. The minimum absolute atomic E-state index is 0.0775. The number of allylic oxidation sites excluding steroid dienone is 8. The van der Waals surface area contributed by atoms with E-state index < -0.39 is 6.10 Å². The topological polar surface area (TPSA) is 78.9 Å². The first-order valence-corrected chi connectivity index (χ1v) is 37.1. The maximum Gasteiger partial charge on any atom is 0.306 e. The molecule has 1 atom stereocenters. The van der Waals surface area contributed by atoms with Crippen molar-refractivity contribution in [3.05, 3.63) is 48.6 Å². The van der Waals surface area contributed by atoms with Crippen LogP contribution in [0.25, 0.3) is 0 Å². The molecule has 83 heavy (non-hydrogen) atoms. The van der Waals surface area contributed by atoms with Crippen LogP contribution in [0.4, 0.5) is 0 Å². The van der Waals surface area contributed by atoms with Gasteiger partial charge in [-0.25, -0.2) is 0 Å². The lowest BCUT2D eigenvalue weighted by atomic mass is 10.0.